The van der Waals surface area contributed by atoms with Crippen LogP contribution in [0.5, 0.6) is 17.2 Å². The van der Waals surface area contributed by atoms with Crippen LogP contribution in [0.2, 0.25) is 25.1 Å². The number of fused-ring (bicyclic) bond motifs is 6. The molecule has 5 amide bonds. The van der Waals surface area contributed by atoms with E-state index in [2.05, 4.69) is 104 Å². The van der Waals surface area contributed by atoms with Gasteiger partial charge in [-0.3, -0.25) is 53.7 Å². The monoisotopic (exact) mass is 1880 g/mol. The maximum atomic E-state index is 12.8. The first-order valence-electron chi connectivity index (χ1n) is 39.2. The SMILES string of the molecule is BrCc1ccc2ccccc2c1.CC1(C)OB(c2cn[nH]c2)OC1(C)C.COc1ccc(CN2C(=O)CN=C(Cl)c3cc(Cl)ccc32)cc1.COc1ccc(CN2C(=O)CN=C(c3cn[nH]c3)c3cc(Cl)ccc32)cc1.COc1ccc(CN2C(=O)CNC(=O)c3cc(Cl)ccc32)cc1.O=C1CNC(=O)c2cc(Cl)ccc2C1.O=C1Cc2ccc(Cl)cc2C(=O)O1. The Hall–Kier alpha value is -12.0. The average Bonchev–Trinajstić information content (AvgIpc) is 1.62. The Morgan fingerprint density at radius 1 is 0.444 bits per heavy atom. The Bertz CT molecular complexity index is 6050. The number of H-pyrrole nitrogens is 2. The van der Waals surface area contributed by atoms with E-state index in [-0.39, 0.29) is 86.2 Å². The Morgan fingerprint density at radius 3 is 1.40 bits per heavy atom. The van der Waals surface area contributed by atoms with Gasteiger partial charge >= 0.3 is 19.1 Å². The molecule has 33 heteroatoms. The number of hydrogen-bond acceptors (Lipinski definition) is 18. The molecule has 2 aromatic heterocycles. The van der Waals surface area contributed by atoms with Gasteiger partial charge in [0.2, 0.25) is 17.7 Å². The van der Waals surface area contributed by atoms with Gasteiger partial charge in [0.05, 0.1) is 112 Å². The number of halogens is 7. The average molecular weight is 1880 g/mol. The van der Waals surface area contributed by atoms with Crippen molar-refractivity contribution in [3.63, 3.8) is 0 Å². The number of methoxy groups -OCH3 is 3. The van der Waals surface area contributed by atoms with Crippen LogP contribution >= 0.6 is 85.5 Å². The van der Waals surface area contributed by atoms with Crippen LogP contribution in [0.25, 0.3) is 10.8 Å². The first-order chi connectivity index (χ1) is 60.5. The van der Waals surface area contributed by atoms with Crippen molar-refractivity contribution in [3.8, 4) is 17.2 Å². The van der Waals surface area contributed by atoms with E-state index in [1.807, 2.05) is 113 Å². The van der Waals surface area contributed by atoms with Crippen LogP contribution in [0.1, 0.15) is 109 Å². The number of aromatic amines is 2. The number of Topliss-reactive ketones (excluding diaryl/α,β-unsaturated/α-hetero) is 1. The van der Waals surface area contributed by atoms with Gasteiger partial charge in [0.25, 0.3) is 11.8 Å². The van der Waals surface area contributed by atoms with Gasteiger partial charge in [0.15, 0.2) is 5.78 Å². The van der Waals surface area contributed by atoms with Crippen LogP contribution in [-0.4, -0.2) is 144 Å². The van der Waals surface area contributed by atoms with Crippen molar-refractivity contribution < 1.29 is 66.6 Å². The molecule has 1 fully saturated rings. The van der Waals surface area contributed by atoms with Gasteiger partial charge in [-0.1, -0.05) is 177 Å². The fourth-order valence-electron chi connectivity index (χ4n) is 13.4. The first kappa shape index (κ1) is 93.1. The van der Waals surface area contributed by atoms with Gasteiger partial charge in [-0.15, -0.1) is 0 Å². The highest BCUT2D eigenvalue weighted by molar-refractivity contribution is 9.08. The molecule has 0 bridgehead atoms. The van der Waals surface area contributed by atoms with E-state index in [9.17, 15) is 38.4 Å². The third-order valence-corrected chi connectivity index (χ3v) is 22.9. The van der Waals surface area contributed by atoms with Crippen molar-refractivity contribution in [1.82, 2.24) is 31.0 Å². The number of nitrogens with one attached hydrogen (secondary N) is 4. The summed E-state index contributed by atoms with van der Waals surface area (Å²) in [5.41, 5.74) is 12.4. The summed E-state index contributed by atoms with van der Waals surface area (Å²) in [4.78, 5) is 108. The van der Waals surface area contributed by atoms with Crippen molar-refractivity contribution in [2.75, 3.05) is 62.2 Å². The second kappa shape index (κ2) is 42.8. The summed E-state index contributed by atoms with van der Waals surface area (Å²) < 4.78 is 31.6. The lowest BCUT2D eigenvalue weighted by Crippen LogP contribution is -2.41. The van der Waals surface area contributed by atoms with E-state index in [0.29, 0.717) is 101 Å². The number of rotatable bonds is 12. The number of benzene rings is 10. The minimum absolute atomic E-state index is 0.0134. The third-order valence-electron chi connectivity index (χ3n) is 20.8. The summed E-state index contributed by atoms with van der Waals surface area (Å²) >= 11 is 39.3. The highest BCUT2D eigenvalue weighted by Crippen LogP contribution is 2.38. The quantitative estimate of drug-likeness (QED) is 0.0382. The molecule has 1 saturated heterocycles. The number of carbonyl (C=O) groups is 8. The van der Waals surface area contributed by atoms with Crippen molar-refractivity contribution in [3.05, 3.63) is 323 Å². The van der Waals surface area contributed by atoms with Crippen molar-refractivity contribution in [2.45, 2.75) is 76.7 Å². The number of anilines is 3. The number of amides is 5. The number of esters is 2. The molecule has 10 aromatic carbocycles. The van der Waals surface area contributed by atoms with Gasteiger partial charge in [-0.25, -0.2) is 4.79 Å². The molecule has 18 rings (SSSR count). The maximum Gasteiger partial charge on any atom is 0.498 e. The second-order valence-electron chi connectivity index (χ2n) is 29.8. The molecule has 4 N–H and O–H groups in total. The van der Waals surface area contributed by atoms with Gasteiger partial charge in [-0.05, 0) is 187 Å². The van der Waals surface area contributed by atoms with Crippen molar-refractivity contribution in [1.29, 1.82) is 0 Å². The standard InChI is InChI=1S/C20H17ClN4O2.C17H14Cl2N2O2.C17H15ClN2O3.C11H9Br.C10H8ClNO2.C9H15BN2O2.C9H5ClO3/c1-27-16-5-2-13(3-6-16)12-25-18-7-4-15(21)8-17(18)20(22-11-19(25)26)14-9-23-24-10-14;1-23-13-5-2-11(3-6-13)10-21-15-7-4-12(18)8-14(15)17(19)20-9-16(21)22;1-23-13-5-2-11(3-6-13)10-20-15-7-4-12(18)8-14(15)17(22)19-9-16(20)21;12-8-9-5-6-10-3-1-2-4-11(10)7-9;11-7-2-1-6-3-8(13)5-12-10(14)9(6)4-7;1-8(2)9(3,4)14-10(13-8)7-5-11-12-6-7;10-6-2-1-5-3-8(11)13-9(12)7(5)4-6/h2-10H,11-12H2,1H3,(H,23,24);2-8H,9-10H2,1H3;2-8H,9-10H2,1H3,(H,19,22);1-7H,8H2;1-2,4H,3,5H2,(H,12,14);5-6H,1-4H3,(H,11,12);1-2,4H,3H2. The molecule has 6 aliphatic heterocycles. The predicted molar refractivity (Wildman–Crippen MR) is 495 cm³/mol. The summed E-state index contributed by atoms with van der Waals surface area (Å²) in [6.07, 6.45) is 7.40. The summed E-state index contributed by atoms with van der Waals surface area (Å²) in [6.45, 7) is 9.51. The molecule has 8 heterocycles. The van der Waals surface area contributed by atoms with E-state index in [1.54, 1.807) is 134 Å². The lowest BCUT2D eigenvalue weighted by Gasteiger charge is -2.32. The Balaban J connectivity index is 0.000000136. The molecular formula is C93H83BBrCl6N11O14. The molecule has 646 valence electrons. The zero-order valence-electron chi connectivity index (χ0n) is 69.1. The largest absolute Gasteiger partial charge is 0.498 e. The van der Waals surface area contributed by atoms with Crippen LogP contribution in [0.15, 0.2) is 241 Å². The highest BCUT2D eigenvalue weighted by Gasteiger charge is 2.52. The molecule has 0 spiro atoms. The zero-order chi connectivity index (χ0) is 89.9. The fraction of sp³-hybridized carbons (Fsp3) is 0.204. The van der Waals surface area contributed by atoms with Gasteiger partial charge in [0, 0.05) is 83.2 Å². The number of aromatic nitrogens is 4. The fourth-order valence-corrected chi connectivity index (χ4v) is 14.8. The van der Waals surface area contributed by atoms with Crippen molar-refractivity contribution >= 4 is 184 Å². The van der Waals surface area contributed by atoms with Gasteiger partial charge < -0.3 is 53.6 Å². The lowest BCUT2D eigenvalue weighted by atomic mass is 9.82. The predicted octanol–water partition coefficient (Wildman–Crippen LogP) is 17.2. The molecule has 0 radical (unpaired) electrons. The third kappa shape index (κ3) is 24.0. The Morgan fingerprint density at radius 2 is 0.881 bits per heavy atom. The molecule has 0 unspecified atom stereocenters. The zero-order valence-corrected chi connectivity index (χ0v) is 75.2. The van der Waals surface area contributed by atoms with Crippen LogP contribution in [0.4, 0.5) is 17.1 Å². The van der Waals surface area contributed by atoms with Crippen molar-refractivity contribution in [2.24, 2.45) is 9.98 Å². The number of alkyl halides is 1. The smallest absolute Gasteiger partial charge is 0.497 e. The van der Waals surface area contributed by atoms with Gasteiger partial charge in [-0.2, -0.15) is 10.2 Å². The summed E-state index contributed by atoms with van der Waals surface area (Å²) in [5, 5.41) is 25.0. The van der Waals surface area contributed by atoms with Crippen LogP contribution < -0.4 is 45.0 Å². The number of ketones is 1. The summed E-state index contributed by atoms with van der Waals surface area (Å²) in [7, 11) is 4.54. The van der Waals surface area contributed by atoms with E-state index in [1.165, 1.54) is 22.4 Å². The molecule has 0 atom stereocenters. The van der Waals surface area contributed by atoms with Crippen LogP contribution in [-0.2, 0) is 75.8 Å². The Kier molecular flexibility index (Phi) is 31.6. The normalized spacial score (nSPS) is 15.1. The van der Waals surface area contributed by atoms with Crippen LogP contribution in [0, 0.1) is 0 Å². The topological polar surface area (TPSA) is 308 Å². The molecule has 25 nitrogen and oxygen atoms in total. The highest BCUT2D eigenvalue weighted by atomic mass is 79.9. The Labute approximate surface area is 765 Å². The lowest BCUT2D eigenvalue weighted by molar-refractivity contribution is -0.138. The number of cyclic esters (lactones) is 2. The van der Waals surface area contributed by atoms with Gasteiger partial charge in [0.1, 0.15) is 35.5 Å². The van der Waals surface area contributed by atoms with E-state index < -0.39 is 11.9 Å². The number of benzodiazepines with no additional fused rings is 2. The number of nitrogens with zero attached hydrogens (tertiary/aromatic N) is 7. The number of aliphatic imine (C=N–C) groups is 2. The van der Waals surface area contributed by atoms with E-state index in [4.69, 9.17) is 93.1 Å². The molecular weight excluding hydrogens is 1800 g/mol. The number of hydrogen-bond donors (Lipinski definition) is 4. The summed E-state index contributed by atoms with van der Waals surface area (Å²) in [5.74, 6) is 0.297. The summed E-state index contributed by atoms with van der Waals surface area (Å²) in [6, 6.07) is 63.1. The minimum Gasteiger partial charge on any atom is -0.497 e. The first-order valence-corrected chi connectivity index (χ1v) is 42.6. The molecule has 0 aliphatic carbocycles. The number of carbonyl (C=O) groups excluding carboxylic acids is 8. The van der Waals surface area contributed by atoms with E-state index in [0.717, 1.165) is 67.1 Å². The number of ether oxygens (including phenoxy) is 4. The molecule has 12 aromatic rings. The minimum atomic E-state index is -0.617. The molecule has 0 saturated carbocycles. The van der Waals surface area contributed by atoms with E-state index >= 15 is 0 Å². The van der Waals surface area contributed by atoms with Crippen LogP contribution in [0.3, 0.4) is 0 Å². The second-order valence-corrected chi connectivity index (χ2v) is 32.9. The molecule has 6 aliphatic rings. The maximum absolute atomic E-state index is 12.8. The molecule has 126 heavy (non-hydrogen) atoms.